The maximum Gasteiger partial charge on any atom is 0.250 e. The number of aryl methyl sites for hydroxylation is 1. The van der Waals surface area contributed by atoms with Gasteiger partial charge >= 0.3 is 0 Å². The third-order valence-corrected chi connectivity index (χ3v) is 8.28. The normalized spacial score (nSPS) is 32.2. The van der Waals surface area contributed by atoms with Crippen LogP contribution in [0.5, 0.6) is 0 Å². The molecule has 4 aliphatic rings. The van der Waals surface area contributed by atoms with Crippen LogP contribution in [-0.2, 0) is 19.9 Å². The van der Waals surface area contributed by atoms with Crippen LogP contribution in [0, 0.1) is 18.8 Å². The lowest BCUT2D eigenvalue weighted by atomic mass is 9.75. The summed E-state index contributed by atoms with van der Waals surface area (Å²) in [5, 5.41) is 5.76. The van der Waals surface area contributed by atoms with E-state index >= 15 is 0 Å². The van der Waals surface area contributed by atoms with Crippen LogP contribution >= 0.6 is 34.5 Å². The van der Waals surface area contributed by atoms with Gasteiger partial charge in [-0.05, 0) is 38.4 Å². The van der Waals surface area contributed by atoms with Gasteiger partial charge in [0, 0.05) is 22.0 Å². The molecule has 3 saturated heterocycles. The van der Waals surface area contributed by atoms with Crippen LogP contribution in [-0.4, -0.2) is 40.2 Å². The number of fused-ring (bicyclic) bond motifs is 7. The van der Waals surface area contributed by atoms with Crippen molar-refractivity contribution in [3.63, 3.8) is 0 Å². The maximum absolute atomic E-state index is 13.7. The molecule has 0 aliphatic carbocycles. The van der Waals surface area contributed by atoms with Gasteiger partial charge in [-0.15, -0.1) is 11.3 Å². The molecule has 4 aliphatic heterocycles. The van der Waals surface area contributed by atoms with Gasteiger partial charge in [0.25, 0.3) is 5.91 Å². The Balaban J connectivity index is 1.59. The maximum atomic E-state index is 13.7. The molecule has 1 N–H and O–H groups in total. The zero-order valence-electron chi connectivity index (χ0n) is 15.8. The van der Waals surface area contributed by atoms with E-state index in [0.717, 1.165) is 18.5 Å². The first-order valence-electron chi connectivity index (χ1n) is 9.73. The van der Waals surface area contributed by atoms with E-state index in [0.29, 0.717) is 33.0 Å². The molecule has 10 heteroatoms. The molecule has 30 heavy (non-hydrogen) atoms. The Kier molecular flexibility index (Phi) is 3.77. The molecular formula is C20H16Cl2N4O3S. The number of hydrogen-bond donors (Lipinski definition) is 1. The van der Waals surface area contributed by atoms with Crippen molar-refractivity contribution in [3.8, 4) is 0 Å². The molecule has 7 nitrogen and oxygen atoms in total. The van der Waals surface area contributed by atoms with E-state index in [9.17, 15) is 14.4 Å². The van der Waals surface area contributed by atoms with Crippen LogP contribution in [0.25, 0.3) is 0 Å². The van der Waals surface area contributed by atoms with E-state index in [1.165, 1.54) is 16.2 Å². The number of aromatic nitrogens is 1. The van der Waals surface area contributed by atoms with E-state index < -0.39 is 17.4 Å². The van der Waals surface area contributed by atoms with Crippen LogP contribution in [0.4, 0.5) is 10.8 Å². The van der Waals surface area contributed by atoms with Crippen molar-refractivity contribution in [2.24, 2.45) is 11.8 Å². The molecule has 5 heterocycles. The number of imide groups is 1. The third-order valence-electron chi connectivity index (χ3n) is 6.82. The van der Waals surface area contributed by atoms with Crippen LogP contribution in [0.15, 0.2) is 17.5 Å². The van der Waals surface area contributed by atoms with Gasteiger partial charge in [-0.2, -0.15) is 0 Å². The Morgan fingerprint density at radius 2 is 2.03 bits per heavy atom. The highest BCUT2D eigenvalue weighted by molar-refractivity contribution is 7.14. The summed E-state index contributed by atoms with van der Waals surface area (Å²) in [6, 6.07) is 3.08. The minimum atomic E-state index is -1.29. The van der Waals surface area contributed by atoms with E-state index in [-0.39, 0.29) is 23.8 Å². The molecule has 1 aromatic carbocycles. The molecule has 0 bridgehead atoms. The second-order valence-electron chi connectivity index (χ2n) is 8.22. The highest BCUT2D eigenvalue weighted by Crippen LogP contribution is 2.61. The van der Waals surface area contributed by atoms with E-state index in [4.69, 9.17) is 23.2 Å². The van der Waals surface area contributed by atoms with Gasteiger partial charge in [0.1, 0.15) is 5.54 Å². The Morgan fingerprint density at radius 3 is 2.77 bits per heavy atom. The summed E-state index contributed by atoms with van der Waals surface area (Å²) in [5.74, 6) is -2.41. The number of thiazole rings is 1. The van der Waals surface area contributed by atoms with Crippen molar-refractivity contribution in [2.75, 3.05) is 16.8 Å². The highest BCUT2D eigenvalue weighted by Gasteiger charge is 2.75. The number of anilines is 2. The molecule has 0 saturated carbocycles. The lowest BCUT2D eigenvalue weighted by molar-refractivity contribution is -0.135. The van der Waals surface area contributed by atoms with Crippen LogP contribution < -0.4 is 10.2 Å². The predicted molar refractivity (Wildman–Crippen MR) is 113 cm³/mol. The van der Waals surface area contributed by atoms with Gasteiger partial charge in [-0.1, -0.05) is 23.2 Å². The van der Waals surface area contributed by atoms with Gasteiger partial charge in [0.05, 0.1) is 28.2 Å². The minimum absolute atomic E-state index is 0.188. The van der Waals surface area contributed by atoms with Crippen molar-refractivity contribution in [1.29, 1.82) is 0 Å². The molecule has 1 spiro atoms. The molecule has 0 radical (unpaired) electrons. The van der Waals surface area contributed by atoms with Crippen molar-refractivity contribution < 1.29 is 14.4 Å². The van der Waals surface area contributed by atoms with Gasteiger partial charge in [-0.25, -0.2) is 9.88 Å². The lowest BCUT2D eigenvalue weighted by Gasteiger charge is -2.36. The van der Waals surface area contributed by atoms with Crippen LogP contribution in [0.1, 0.15) is 24.1 Å². The Bertz CT molecular complexity index is 1170. The summed E-state index contributed by atoms with van der Waals surface area (Å²) in [6.45, 7) is 2.45. The molecule has 154 valence electrons. The zero-order chi connectivity index (χ0) is 20.9. The summed E-state index contributed by atoms with van der Waals surface area (Å²) in [6.07, 6.45) is 1.61. The fourth-order valence-electron chi connectivity index (χ4n) is 5.86. The standard InChI is InChI=1S/C20H16Cl2N4O3S/c1-8-7-30-19(23-8)26-16(27)13-12-3-2-4-25(12)20(14(13)17(26)28)10-5-9(21)6-11(22)15(10)24-18(20)29/h5-7,12-14H,2-4H2,1H3,(H,24,29). The fraction of sp³-hybridized carbons (Fsp3) is 0.400. The SMILES string of the molecule is Cc1csc(N2C(=O)C3C4CCCN4C4(C(=O)Nc5c(Cl)cc(Cl)cc54)C3C2=O)n1. The highest BCUT2D eigenvalue weighted by atomic mass is 35.5. The van der Waals surface area contributed by atoms with Gasteiger partial charge < -0.3 is 5.32 Å². The average Bonchev–Trinajstić information content (AvgIpc) is 3.44. The summed E-state index contributed by atoms with van der Waals surface area (Å²) < 4.78 is 0. The number of halogens is 2. The molecular weight excluding hydrogens is 447 g/mol. The van der Waals surface area contributed by atoms with Gasteiger partial charge in [0.2, 0.25) is 11.8 Å². The number of carbonyl (C=O) groups excluding carboxylic acids is 3. The van der Waals surface area contributed by atoms with Gasteiger partial charge in [0.15, 0.2) is 5.13 Å². The van der Waals surface area contributed by atoms with E-state index in [1.54, 1.807) is 17.5 Å². The first-order chi connectivity index (χ1) is 14.4. The second-order valence-corrected chi connectivity index (χ2v) is 9.90. The van der Waals surface area contributed by atoms with E-state index in [2.05, 4.69) is 10.3 Å². The first-order valence-corrected chi connectivity index (χ1v) is 11.4. The molecule has 6 rings (SSSR count). The van der Waals surface area contributed by atoms with Crippen molar-refractivity contribution >= 4 is 63.1 Å². The topological polar surface area (TPSA) is 82.6 Å². The van der Waals surface area contributed by atoms with Crippen molar-refractivity contribution in [3.05, 3.63) is 38.8 Å². The Hall–Kier alpha value is -2.00. The number of rotatable bonds is 1. The molecule has 1 aromatic heterocycles. The largest absolute Gasteiger partial charge is 0.323 e. The summed E-state index contributed by atoms with van der Waals surface area (Å²) in [4.78, 5) is 48.4. The smallest absolute Gasteiger partial charge is 0.250 e. The molecule has 4 unspecified atom stereocenters. The average molecular weight is 463 g/mol. The van der Waals surface area contributed by atoms with E-state index in [1.807, 2.05) is 11.8 Å². The lowest BCUT2D eigenvalue weighted by Crippen LogP contribution is -2.54. The number of nitrogens with zero attached hydrogens (tertiary/aromatic N) is 3. The van der Waals surface area contributed by atoms with Crippen LogP contribution in [0.2, 0.25) is 10.0 Å². The summed E-state index contributed by atoms with van der Waals surface area (Å²) in [5.41, 5.74) is 0.514. The zero-order valence-corrected chi connectivity index (χ0v) is 18.1. The summed E-state index contributed by atoms with van der Waals surface area (Å²) >= 11 is 14.0. The molecule has 4 atom stereocenters. The van der Waals surface area contributed by atoms with Crippen molar-refractivity contribution in [1.82, 2.24) is 9.88 Å². The number of hydrogen-bond acceptors (Lipinski definition) is 6. The fourth-order valence-corrected chi connectivity index (χ4v) is 7.21. The number of carbonyl (C=O) groups is 3. The number of benzene rings is 1. The molecule has 3 amide bonds. The molecule has 3 fully saturated rings. The first kappa shape index (κ1) is 18.7. The Morgan fingerprint density at radius 1 is 1.23 bits per heavy atom. The minimum Gasteiger partial charge on any atom is -0.323 e. The predicted octanol–water partition coefficient (Wildman–Crippen LogP) is 3.19. The molecule has 2 aromatic rings. The Labute approximate surface area is 186 Å². The van der Waals surface area contributed by atoms with Crippen molar-refractivity contribution in [2.45, 2.75) is 31.3 Å². The summed E-state index contributed by atoms with van der Waals surface area (Å²) in [7, 11) is 0. The van der Waals surface area contributed by atoms with Crippen LogP contribution in [0.3, 0.4) is 0 Å². The monoisotopic (exact) mass is 462 g/mol. The quantitative estimate of drug-likeness (QED) is 0.657. The third kappa shape index (κ3) is 2.05. The number of nitrogens with one attached hydrogen (secondary N) is 1. The second kappa shape index (κ2) is 6.03. The number of amides is 3. The van der Waals surface area contributed by atoms with Gasteiger partial charge in [-0.3, -0.25) is 19.3 Å².